The summed E-state index contributed by atoms with van der Waals surface area (Å²) in [4.78, 5) is 0. The molecule has 2 rings (SSSR count). The van der Waals surface area contributed by atoms with Crippen LogP contribution in [0.4, 0.5) is 0 Å². The van der Waals surface area contributed by atoms with Crippen molar-refractivity contribution in [3.63, 3.8) is 0 Å². The van der Waals surface area contributed by atoms with Gasteiger partial charge >= 0.3 is 0 Å². The number of pyridine rings is 1. The average Bonchev–Trinajstić information content (AvgIpc) is 2.68. The van der Waals surface area contributed by atoms with Gasteiger partial charge in [-0.05, 0) is 18.6 Å². The lowest BCUT2D eigenvalue weighted by Crippen LogP contribution is -1.87. The second-order valence-electron chi connectivity index (χ2n) is 3.02. The summed E-state index contributed by atoms with van der Waals surface area (Å²) in [5, 5.41) is 17.4. The lowest BCUT2D eigenvalue weighted by molar-refractivity contribution is 0.911. The number of nitriles is 1. The van der Waals surface area contributed by atoms with Crippen molar-refractivity contribution >= 4 is 17.4 Å². The Bertz CT molecular complexity index is 485. The fourth-order valence-electron chi connectivity index (χ4n) is 1.23. The Hall–Kier alpha value is -1.54. The van der Waals surface area contributed by atoms with Crippen molar-refractivity contribution in [1.82, 2.24) is 14.6 Å². The van der Waals surface area contributed by atoms with Crippen molar-refractivity contribution in [2.45, 2.75) is 18.0 Å². The maximum atomic E-state index is 8.40. The van der Waals surface area contributed by atoms with Gasteiger partial charge in [0.25, 0.3) is 0 Å². The predicted molar refractivity (Wildman–Crippen MR) is 58.6 cm³/mol. The van der Waals surface area contributed by atoms with E-state index in [-0.39, 0.29) is 0 Å². The van der Waals surface area contributed by atoms with Crippen LogP contribution < -0.4 is 0 Å². The number of thioether (sulfide) groups is 1. The molecule has 0 saturated carbocycles. The van der Waals surface area contributed by atoms with E-state index in [1.807, 2.05) is 28.8 Å². The Labute approximate surface area is 91.9 Å². The Morgan fingerprint density at radius 1 is 1.40 bits per heavy atom. The first-order valence-corrected chi connectivity index (χ1v) is 5.70. The van der Waals surface area contributed by atoms with E-state index in [2.05, 4.69) is 16.3 Å². The normalized spacial score (nSPS) is 10.3. The standard InChI is InChI=1S/C10H10N4S/c11-6-2-4-8-15-10-13-12-9-5-1-3-7-14(9)10/h1,3,5,7H,2,4,8H2. The van der Waals surface area contributed by atoms with Gasteiger partial charge in [-0.1, -0.05) is 17.8 Å². The van der Waals surface area contributed by atoms with E-state index < -0.39 is 0 Å². The van der Waals surface area contributed by atoms with Crippen LogP contribution in [0.5, 0.6) is 0 Å². The monoisotopic (exact) mass is 218 g/mol. The summed E-state index contributed by atoms with van der Waals surface area (Å²) in [6.45, 7) is 0. The summed E-state index contributed by atoms with van der Waals surface area (Å²) in [6, 6.07) is 7.94. The zero-order valence-electron chi connectivity index (χ0n) is 8.13. The van der Waals surface area contributed by atoms with Crippen LogP contribution in [0.15, 0.2) is 29.6 Å². The van der Waals surface area contributed by atoms with Crippen molar-refractivity contribution in [3.05, 3.63) is 24.4 Å². The smallest absolute Gasteiger partial charge is 0.195 e. The molecule has 0 N–H and O–H groups in total. The molecule has 2 heterocycles. The van der Waals surface area contributed by atoms with Crippen LogP contribution in [0.25, 0.3) is 5.65 Å². The molecule has 0 amide bonds. The van der Waals surface area contributed by atoms with Gasteiger partial charge in [0.05, 0.1) is 6.07 Å². The summed E-state index contributed by atoms with van der Waals surface area (Å²) in [7, 11) is 0. The van der Waals surface area contributed by atoms with Gasteiger partial charge in [0.2, 0.25) is 0 Å². The summed E-state index contributed by atoms with van der Waals surface area (Å²) >= 11 is 1.63. The molecule has 15 heavy (non-hydrogen) atoms. The van der Waals surface area contributed by atoms with Crippen molar-refractivity contribution < 1.29 is 0 Å². The van der Waals surface area contributed by atoms with Crippen LogP contribution in [-0.2, 0) is 0 Å². The van der Waals surface area contributed by atoms with Crippen LogP contribution >= 0.6 is 11.8 Å². The summed E-state index contributed by atoms with van der Waals surface area (Å²) in [5.74, 6) is 0.906. The van der Waals surface area contributed by atoms with E-state index in [0.29, 0.717) is 6.42 Å². The number of hydrogen-bond acceptors (Lipinski definition) is 4. The SMILES string of the molecule is N#CCCCSc1nnc2ccccn12. The van der Waals surface area contributed by atoms with Gasteiger partial charge in [-0.3, -0.25) is 4.40 Å². The molecule has 0 aliphatic heterocycles. The molecule has 2 aromatic heterocycles. The lowest BCUT2D eigenvalue weighted by Gasteiger charge is -1.97. The van der Waals surface area contributed by atoms with Crippen LogP contribution in [0.1, 0.15) is 12.8 Å². The van der Waals surface area contributed by atoms with E-state index in [0.717, 1.165) is 23.0 Å². The number of nitrogens with zero attached hydrogens (tertiary/aromatic N) is 4. The van der Waals surface area contributed by atoms with E-state index in [9.17, 15) is 0 Å². The largest absolute Gasteiger partial charge is 0.277 e. The molecule has 76 valence electrons. The first kappa shape index (κ1) is 9.99. The molecular weight excluding hydrogens is 208 g/mol. The van der Waals surface area contributed by atoms with Gasteiger partial charge in [0, 0.05) is 18.4 Å². The van der Waals surface area contributed by atoms with E-state index in [1.165, 1.54) is 0 Å². The third kappa shape index (κ3) is 2.28. The number of rotatable bonds is 4. The van der Waals surface area contributed by atoms with Gasteiger partial charge in [-0.25, -0.2) is 0 Å². The van der Waals surface area contributed by atoms with E-state index in [1.54, 1.807) is 11.8 Å². The highest BCUT2D eigenvalue weighted by Gasteiger charge is 2.03. The van der Waals surface area contributed by atoms with Gasteiger partial charge < -0.3 is 0 Å². The second-order valence-corrected chi connectivity index (χ2v) is 4.08. The number of aromatic nitrogens is 3. The van der Waals surface area contributed by atoms with Gasteiger partial charge in [-0.15, -0.1) is 10.2 Å². The Morgan fingerprint density at radius 3 is 3.20 bits per heavy atom. The minimum Gasteiger partial charge on any atom is -0.277 e. The maximum absolute atomic E-state index is 8.40. The second kappa shape index (κ2) is 4.80. The lowest BCUT2D eigenvalue weighted by atomic mass is 10.4. The van der Waals surface area contributed by atoms with Gasteiger partial charge in [0.15, 0.2) is 10.8 Å². The molecule has 0 atom stereocenters. The Balaban J connectivity index is 2.05. The predicted octanol–water partition coefficient (Wildman–Crippen LogP) is 2.13. The molecule has 0 radical (unpaired) electrons. The molecule has 0 bridgehead atoms. The molecule has 0 aliphatic rings. The molecular formula is C10H10N4S. The zero-order chi connectivity index (χ0) is 10.5. The summed E-state index contributed by atoms with van der Waals surface area (Å²) < 4.78 is 1.96. The molecule has 0 aliphatic carbocycles. The van der Waals surface area contributed by atoms with Crippen molar-refractivity contribution in [2.24, 2.45) is 0 Å². The Kier molecular flexibility index (Phi) is 3.20. The number of hydrogen-bond donors (Lipinski definition) is 0. The quantitative estimate of drug-likeness (QED) is 0.582. The molecule has 4 nitrogen and oxygen atoms in total. The third-order valence-corrected chi connectivity index (χ3v) is 2.98. The highest BCUT2D eigenvalue weighted by Crippen LogP contribution is 2.17. The molecule has 0 fully saturated rings. The highest BCUT2D eigenvalue weighted by atomic mass is 32.2. The summed E-state index contributed by atoms with van der Waals surface area (Å²) in [6.07, 6.45) is 3.44. The molecule has 0 unspecified atom stereocenters. The molecule has 0 saturated heterocycles. The van der Waals surface area contributed by atoms with E-state index in [4.69, 9.17) is 5.26 Å². The topological polar surface area (TPSA) is 54.0 Å². The van der Waals surface area contributed by atoms with Crippen LogP contribution in [0, 0.1) is 11.3 Å². The zero-order valence-corrected chi connectivity index (χ0v) is 8.94. The van der Waals surface area contributed by atoms with Gasteiger partial charge in [0.1, 0.15) is 0 Å². The first-order chi connectivity index (χ1) is 7.42. The van der Waals surface area contributed by atoms with Crippen LogP contribution in [0.3, 0.4) is 0 Å². The molecule has 2 aromatic rings. The number of unbranched alkanes of at least 4 members (excludes halogenated alkanes) is 1. The van der Waals surface area contributed by atoms with Crippen LogP contribution in [0.2, 0.25) is 0 Å². The molecule has 0 aromatic carbocycles. The Morgan fingerprint density at radius 2 is 2.33 bits per heavy atom. The minimum atomic E-state index is 0.601. The molecule has 5 heteroatoms. The third-order valence-electron chi connectivity index (χ3n) is 1.95. The highest BCUT2D eigenvalue weighted by molar-refractivity contribution is 7.99. The maximum Gasteiger partial charge on any atom is 0.195 e. The first-order valence-electron chi connectivity index (χ1n) is 4.71. The average molecular weight is 218 g/mol. The molecule has 0 spiro atoms. The van der Waals surface area contributed by atoms with Crippen molar-refractivity contribution in [2.75, 3.05) is 5.75 Å². The fourth-order valence-corrected chi connectivity index (χ4v) is 2.10. The number of fused-ring (bicyclic) bond motifs is 1. The summed E-state index contributed by atoms with van der Waals surface area (Å²) in [5.41, 5.74) is 0.861. The van der Waals surface area contributed by atoms with Crippen LogP contribution in [-0.4, -0.2) is 20.4 Å². The van der Waals surface area contributed by atoms with E-state index >= 15 is 0 Å². The van der Waals surface area contributed by atoms with Gasteiger partial charge in [-0.2, -0.15) is 5.26 Å². The minimum absolute atomic E-state index is 0.601. The fraction of sp³-hybridized carbons (Fsp3) is 0.300. The van der Waals surface area contributed by atoms with Crippen molar-refractivity contribution in [3.8, 4) is 6.07 Å². The van der Waals surface area contributed by atoms with Crippen molar-refractivity contribution in [1.29, 1.82) is 5.26 Å².